The van der Waals surface area contributed by atoms with Crippen molar-refractivity contribution in [1.29, 1.82) is 0 Å². The summed E-state index contributed by atoms with van der Waals surface area (Å²) in [6, 6.07) is 0. The molecule has 2 rings (SSSR count). The van der Waals surface area contributed by atoms with E-state index >= 15 is 0 Å². The average molecular weight is 234 g/mol. The average Bonchev–Trinajstić information content (AvgIpc) is 2.76. The zero-order chi connectivity index (χ0) is 12.3. The molecular weight excluding hydrogens is 208 g/mol. The Morgan fingerprint density at radius 1 is 1.47 bits per heavy atom. The van der Waals surface area contributed by atoms with Gasteiger partial charge in [0.1, 0.15) is 0 Å². The van der Waals surface area contributed by atoms with Crippen LogP contribution < -0.4 is 10.6 Å². The molecule has 96 valence electrons. The Hall–Kier alpha value is -0.920. The van der Waals surface area contributed by atoms with E-state index in [1.54, 1.807) is 5.57 Å². The third kappa shape index (κ3) is 2.85. The minimum Gasteiger partial charge on any atom is -0.372 e. The molecule has 0 aromatic rings. The van der Waals surface area contributed by atoms with Crippen LogP contribution in [0, 0.1) is 11.3 Å². The maximum Gasteiger partial charge on any atom is 0.0979 e. The molecule has 0 radical (unpaired) electrons. The van der Waals surface area contributed by atoms with E-state index in [2.05, 4.69) is 37.1 Å². The maximum absolute atomic E-state index is 3.90. The monoisotopic (exact) mass is 234 g/mol. The molecule has 17 heavy (non-hydrogen) atoms. The van der Waals surface area contributed by atoms with Gasteiger partial charge in [-0.1, -0.05) is 26.3 Å². The summed E-state index contributed by atoms with van der Waals surface area (Å²) in [5.41, 5.74) is 2.07. The Kier molecular flexibility index (Phi) is 3.80. The summed E-state index contributed by atoms with van der Waals surface area (Å²) in [5, 5.41) is 7.00. The predicted octanol–water partition coefficient (Wildman–Crippen LogP) is 3.18. The highest BCUT2D eigenvalue weighted by molar-refractivity contribution is 5.20. The van der Waals surface area contributed by atoms with Gasteiger partial charge in [-0.2, -0.15) is 0 Å². The van der Waals surface area contributed by atoms with Crippen LogP contribution in [-0.2, 0) is 0 Å². The molecule has 0 aromatic heterocycles. The number of nitrogens with one attached hydrogen (secondary N) is 2. The van der Waals surface area contributed by atoms with Crippen molar-refractivity contribution in [2.75, 3.05) is 13.1 Å². The van der Waals surface area contributed by atoms with Crippen LogP contribution in [0.15, 0.2) is 24.0 Å². The number of hydrogen-bond donors (Lipinski definition) is 2. The van der Waals surface area contributed by atoms with Crippen molar-refractivity contribution < 1.29 is 0 Å². The summed E-state index contributed by atoms with van der Waals surface area (Å²) >= 11 is 0. The molecule has 0 aliphatic carbocycles. The molecule has 0 fully saturated rings. The lowest BCUT2D eigenvalue weighted by atomic mass is 9.74. The van der Waals surface area contributed by atoms with Crippen LogP contribution in [0.1, 0.15) is 46.0 Å². The van der Waals surface area contributed by atoms with Crippen molar-refractivity contribution in [2.45, 2.75) is 46.0 Å². The highest BCUT2D eigenvalue weighted by atomic mass is 15.1. The summed E-state index contributed by atoms with van der Waals surface area (Å²) in [6.07, 6.45) is 8.33. The zero-order valence-electron chi connectivity index (χ0n) is 11.3. The zero-order valence-corrected chi connectivity index (χ0v) is 11.3. The van der Waals surface area contributed by atoms with Gasteiger partial charge in [-0.15, -0.1) is 6.58 Å². The molecule has 2 heteroatoms. The Bertz CT molecular complexity index is 319. The lowest BCUT2D eigenvalue weighted by Crippen LogP contribution is -2.34. The van der Waals surface area contributed by atoms with Gasteiger partial charge < -0.3 is 10.6 Å². The van der Waals surface area contributed by atoms with Crippen LogP contribution in [0.4, 0.5) is 0 Å². The fraction of sp³-hybridized carbons (Fsp3) is 0.733. The van der Waals surface area contributed by atoms with Gasteiger partial charge in [-0.25, -0.2) is 0 Å². The molecule has 0 amide bonds. The van der Waals surface area contributed by atoms with E-state index in [9.17, 15) is 0 Å². The molecule has 0 aromatic carbocycles. The Morgan fingerprint density at radius 2 is 2.29 bits per heavy atom. The normalized spacial score (nSPS) is 26.8. The molecule has 2 nitrogen and oxygen atoms in total. The second-order valence-electron chi connectivity index (χ2n) is 5.97. The smallest absolute Gasteiger partial charge is 0.0979 e. The minimum absolute atomic E-state index is 0.443. The van der Waals surface area contributed by atoms with E-state index in [-0.39, 0.29) is 0 Å². The molecule has 0 saturated carbocycles. The molecule has 2 aliphatic rings. The van der Waals surface area contributed by atoms with E-state index in [0.29, 0.717) is 5.41 Å². The van der Waals surface area contributed by atoms with E-state index in [0.717, 1.165) is 25.4 Å². The third-order valence-electron chi connectivity index (χ3n) is 4.46. The SMILES string of the molecule is C=CCC(C)(CC)CC1CNC2=C(CCN2)C1. The third-order valence-corrected chi connectivity index (χ3v) is 4.46. The van der Waals surface area contributed by atoms with Crippen molar-refractivity contribution >= 4 is 0 Å². The van der Waals surface area contributed by atoms with Gasteiger partial charge in [0.2, 0.25) is 0 Å². The second kappa shape index (κ2) is 5.16. The predicted molar refractivity (Wildman–Crippen MR) is 73.6 cm³/mol. The second-order valence-corrected chi connectivity index (χ2v) is 5.97. The maximum atomic E-state index is 3.90. The van der Waals surface area contributed by atoms with Crippen molar-refractivity contribution in [2.24, 2.45) is 11.3 Å². The minimum atomic E-state index is 0.443. The fourth-order valence-electron chi connectivity index (χ4n) is 3.21. The van der Waals surface area contributed by atoms with Gasteiger partial charge in [-0.05, 0) is 42.6 Å². The van der Waals surface area contributed by atoms with Gasteiger partial charge in [0, 0.05) is 13.1 Å². The fourth-order valence-corrected chi connectivity index (χ4v) is 3.21. The van der Waals surface area contributed by atoms with E-state index in [4.69, 9.17) is 0 Å². The number of rotatable bonds is 5. The molecule has 2 N–H and O–H groups in total. The molecule has 0 saturated heterocycles. The summed E-state index contributed by atoms with van der Waals surface area (Å²) in [4.78, 5) is 0. The van der Waals surface area contributed by atoms with E-state index in [1.807, 2.05) is 0 Å². The lowest BCUT2D eigenvalue weighted by Gasteiger charge is -2.34. The van der Waals surface area contributed by atoms with Gasteiger partial charge in [0.15, 0.2) is 0 Å². The summed E-state index contributed by atoms with van der Waals surface area (Å²) in [6.45, 7) is 10.9. The van der Waals surface area contributed by atoms with Crippen LogP contribution >= 0.6 is 0 Å². The highest BCUT2D eigenvalue weighted by Crippen LogP contribution is 2.37. The highest BCUT2D eigenvalue weighted by Gasteiger charge is 2.29. The lowest BCUT2D eigenvalue weighted by molar-refractivity contribution is 0.224. The van der Waals surface area contributed by atoms with Crippen molar-refractivity contribution in [3.05, 3.63) is 24.0 Å². The van der Waals surface area contributed by atoms with E-state index in [1.165, 1.54) is 31.5 Å². The van der Waals surface area contributed by atoms with Crippen molar-refractivity contribution in [3.63, 3.8) is 0 Å². The molecular formula is C15H26N2. The van der Waals surface area contributed by atoms with Crippen LogP contribution in [0.5, 0.6) is 0 Å². The van der Waals surface area contributed by atoms with Gasteiger partial charge >= 0.3 is 0 Å². The first-order valence-corrected chi connectivity index (χ1v) is 6.97. The summed E-state index contributed by atoms with van der Waals surface area (Å²) < 4.78 is 0. The Balaban J connectivity index is 1.94. The Labute approximate surface area is 106 Å². The first-order chi connectivity index (χ1) is 8.17. The molecule has 2 aliphatic heterocycles. The van der Waals surface area contributed by atoms with Gasteiger partial charge in [0.05, 0.1) is 5.82 Å². The molecule has 2 heterocycles. The van der Waals surface area contributed by atoms with Crippen LogP contribution in [0.3, 0.4) is 0 Å². The quantitative estimate of drug-likeness (QED) is 0.714. The molecule has 0 spiro atoms. The molecule has 2 unspecified atom stereocenters. The standard InChI is InChI=1S/C15H26N2/c1-4-7-15(3,5-2)10-12-9-13-6-8-16-14(13)17-11-12/h4,12,16-17H,1,5-11H2,2-3H3. The topological polar surface area (TPSA) is 24.1 Å². The van der Waals surface area contributed by atoms with Crippen LogP contribution in [0.25, 0.3) is 0 Å². The summed E-state index contributed by atoms with van der Waals surface area (Å²) in [7, 11) is 0. The van der Waals surface area contributed by atoms with Crippen LogP contribution in [0.2, 0.25) is 0 Å². The first-order valence-electron chi connectivity index (χ1n) is 6.97. The first kappa shape index (κ1) is 12.5. The van der Waals surface area contributed by atoms with E-state index < -0.39 is 0 Å². The Morgan fingerprint density at radius 3 is 3.00 bits per heavy atom. The van der Waals surface area contributed by atoms with Crippen molar-refractivity contribution in [1.82, 2.24) is 10.6 Å². The van der Waals surface area contributed by atoms with Gasteiger partial charge in [-0.3, -0.25) is 0 Å². The number of hydrogen-bond acceptors (Lipinski definition) is 2. The van der Waals surface area contributed by atoms with Crippen LogP contribution in [-0.4, -0.2) is 13.1 Å². The largest absolute Gasteiger partial charge is 0.372 e. The summed E-state index contributed by atoms with van der Waals surface area (Å²) in [5.74, 6) is 2.14. The van der Waals surface area contributed by atoms with Gasteiger partial charge in [0.25, 0.3) is 0 Å². The number of allylic oxidation sites excluding steroid dienone is 1. The molecule has 2 atom stereocenters. The van der Waals surface area contributed by atoms with Crippen molar-refractivity contribution in [3.8, 4) is 0 Å². The molecule has 0 bridgehead atoms.